The van der Waals surface area contributed by atoms with Crippen LogP contribution in [0, 0.1) is 0 Å². The lowest BCUT2D eigenvalue weighted by molar-refractivity contribution is -0.134. The van der Waals surface area contributed by atoms with E-state index in [1.807, 2.05) is 11.0 Å². The summed E-state index contributed by atoms with van der Waals surface area (Å²) in [7, 11) is 1.54. The predicted octanol–water partition coefficient (Wildman–Crippen LogP) is 2.16. The Morgan fingerprint density at radius 1 is 1.12 bits per heavy atom. The van der Waals surface area contributed by atoms with Crippen LogP contribution < -0.4 is 19.6 Å². The Bertz CT molecular complexity index is 1430. The molecule has 4 heterocycles. The molecule has 1 aliphatic heterocycles. The van der Waals surface area contributed by atoms with Gasteiger partial charge in [-0.15, -0.1) is 5.10 Å². The van der Waals surface area contributed by atoms with Gasteiger partial charge in [0.15, 0.2) is 23.9 Å². The van der Waals surface area contributed by atoms with E-state index in [9.17, 15) is 9.59 Å². The number of hydrogen-bond acceptors (Lipinski definition) is 8. The van der Waals surface area contributed by atoms with Gasteiger partial charge in [-0.2, -0.15) is 9.50 Å². The summed E-state index contributed by atoms with van der Waals surface area (Å²) in [5, 5.41) is 4.35. The molecule has 0 bridgehead atoms. The van der Waals surface area contributed by atoms with Gasteiger partial charge in [0.1, 0.15) is 0 Å². The molecule has 1 aromatic carbocycles. The fourth-order valence-corrected chi connectivity index (χ4v) is 4.78. The third-order valence-corrected chi connectivity index (χ3v) is 6.62. The molecule has 4 aromatic rings. The van der Waals surface area contributed by atoms with Gasteiger partial charge in [-0.05, 0) is 55.2 Å². The lowest BCUT2D eigenvalue weighted by atomic mass is 10.1. The minimum absolute atomic E-state index is 0.0195. The van der Waals surface area contributed by atoms with Gasteiger partial charge in [-0.3, -0.25) is 14.6 Å². The van der Waals surface area contributed by atoms with E-state index < -0.39 is 0 Å². The van der Waals surface area contributed by atoms with Crippen LogP contribution in [0.2, 0.25) is 0 Å². The molecule has 0 atom stereocenters. The van der Waals surface area contributed by atoms with Crippen LogP contribution in [0.25, 0.3) is 22.4 Å². The monoisotopic (exact) mass is 477 g/mol. The number of piperidine rings is 1. The van der Waals surface area contributed by atoms with Crippen LogP contribution in [0.1, 0.15) is 24.8 Å². The van der Waals surface area contributed by atoms with Crippen molar-refractivity contribution in [2.75, 3.05) is 26.8 Å². The number of pyridine rings is 1. The molecule has 1 amide bonds. The third-order valence-electron chi connectivity index (χ3n) is 5.67. The number of fused-ring (bicyclic) bond motifs is 1. The first-order valence-corrected chi connectivity index (χ1v) is 11.8. The Labute approximate surface area is 199 Å². The van der Waals surface area contributed by atoms with Crippen molar-refractivity contribution in [2.24, 2.45) is 0 Å². The number of likely N-dealkylation sites (tertiary alicyclic amines) is 1. The smallest absolute Gasteiger partial charge is 0.291 e. The van der Waals surface area contributed by atoms with Crippen molar-refractivity contribution in [1.82, 2.24) is 24.5 Å². The number of benzene rings is 1. The van der Waals surface area contributed by atoms with Crippen LogP contribution in [0.4, 0.5) is 0 Å². The average molecular weight is 478 g/mol. The van der Waals surface area contributed by atoms with Gasteiger partial charge >= 0.3 is 0 Å². The molecule has 0 unspecified atom stereocenters. The molecule has 0 aliphatic carbocycles. The molecule has 0 N–H and O–H groups in total. The molecule has 34 heavy (non-hydrogen) atoms. The van der Waals surface area contributed by atoms with Gasteiger partial charge in [0, 0.05) is 31.0 Å². The number of nitrogens with zero attached hydrogens (tertiary/aromatic N) is 5. The van der Waals surface area contributed by atoms with Gasteiger partial charge in [0.25, 0.3) is 11.5 Å². The highest BCUT2D eigenvalue weighted by Gasteiger charge is 2.18. The van der Waals surface area contributed by atoms with Crippen LogP contribution in [-0.4, -0.2) is 57.2 Å². The highest BCUT2D eigenvalue weighted by Crippen LogP contribution is 2.28. The minimum atomic E-state index is -0.237. The number of amides is 1. The van der Waals surface area contributed by atoms with Crippen molar-refractivity contribution >= 4 is 28.3 Å². The SMILES string of the molecule is COc1cc(/C=c2\sc3nc(-c4ccncc4)nn3c2=O)ccc1OCC(=O)N1CCCCC1. The van der Waals surface area contributed by atoms with Crippen molar-refractivity contribution in [3.8, 4) is 22.9 Å². The maximum atomic E-state index is 12.9. The standard InChI is InChI=1S/C24H23N5O4S/c1-32-19-13-16(5-6-18(19)33-15-21(30)28-11-3-2-4-12-28)14-20-23(31)29-24(34-20)26-22(27-29)17-7-9-25-10-8-17/h5-10,13-14H,2-4,11-12,15H2,1H3/b20-14-. The number of carbonyl (C=O) groups is 1. The molecule has 3 aromatic heterocycles. The van der Waals surface area contributed by atoms with Crippen LogP contribution in [-0.2, 0) is 4.79 Å². The molecule has 9 nitrogen and oxygen atoms in total. The Kier molecular flexibility index (Phi) is 6.22. The third kappa shape index (κ3) is 4.49. The second-order valence-corrected chi connectivity index (χ2v) is 8.93. The zero-order valence-electron chi connectivity index (χ0n) is 18.6. The summed E-state index contributed by atoms with van der Waals surface area (Å²) in [6.07, 6.45) is 8.32. The second kappa shape index (κ2) is 9.60. The van der Waals surface area contributed by atoms with E-state index in [4.69, 9.17) is 9.47 Å². The van der Waals surface area contributed by atoms with Crippen LogP contribution >= 0.6 is 11.3 Å². The summed E-state index contributed by atoms with van der Waals surface area (Å²) >= 11 is 1.27. The van der Waals surface area contributed by atoms with Crippen molar-refractivity contribution < 1.29 is 14.3 Å². The topological polar surface area (TPSA) is 98.9 Å². The van der Waals surface area contributed by atoms with E-state index >= 15 is 0 Å². The van der Waals surface area contributed by atoms with Crippen molar-refractivity contribution in [3.05, 3.63) is 63.2 Å². The summed E-state index contributed by atoms with van der Waals surface area (Å²) in [5.41, 5.74) is 1.33. The maximum absolute atomic E-state index is 12.9. The summed E-state index contributed by atoms with van der Waals surface area (Å²) in [4.78, 5) is 36.1. The molecular formula is C24H23N5O4S. The fourth-order valence-electron chi connectivity index (χ4n) is 3.88. The summed E-state index contributed by atoms with van der Waals surface area (Å²) < 4.78 is 13.0. The highest BCUT2D eigenvalue weighted by atomic mass is 32.1. The summed E-state index contributed by atoms with van der Waals surface area (Å²) in [5.74, 6) is 1.44. The van der Waals surface area contributed by atoms with Gasteiger partial charge < -0.3 is 14.4 Å². The zero-order chi connectivity index (χ0) is 23.5. The van der Waals surface area contributed by atoms with Gasteiger partial charge in [-0.25, -0.2) is 0 Å². The molecule has 5 rings (SSSR count). The molecular weight excluding hydrogens is 454 g/mol. The van der Waals surface area contributed by atoms with Crippen LogP contribution in [0.5, 0.6) is 11.5 Å². The van der Waals surface area contributed by atoms with E-state index in [0.29, 0.717) is 26.8 Å². The molecule has 1 saturated heterocycles. The van der Waals surface area contributed by atoms with E-state index in [2.05, 4.69) is 15.1 Å². The van der Waals surface area contributed by atoms with Crippen molar-refractivity contribution in [1.29, 1.82) is 0 Å². The number of rotatable bonds is 6. The first kappa shape index (κ1) is 22.0. The lowest BCUT2D eigenvalue weighted by Crippen LogP contribution is -2.38. The first-order chi connectivity index (χ1) is 16.6. The maximum Gasteiger partial charge on any atom is 0.291 e. The predicted molar refractivity (Wildman–Crippen MR) is 128 cm³/mol. The van der Waals surface area contributed by atoms with Crippen LogP contribution in [0.15, 0.2) is 47.5 Å². The molecule has 1 fully saturated rings. The number of aromatic nitrogens is 4. The lowest BCUT2D eigenvalue weighted by Gasteiger charge is -2.26. The summed E-state index contributed by atoms with van der Waals surface area (Å²) in [6.45, 7) is 1.54. The quantitative estimate of drug-likeness (QED) is 0.420. The molecule has 10 heteroatoms. The molecule has 0 spiro atoms. The first-order valence-electron chi connectivity index (χ1n) is 11.0. The van der Waals surface area contributed by atoms with E-state index in [1.54, 1.807) is 49.8 Å². The largest absolute Gasteiger partial charge is 0.493 e. The Balaban J connectivity index is 1.36. The normalized spacial score (nSPS) is 14.5. The second-order valence-electron chi connectivity index (χ2n) is 7.92. The van der Waals surface area contributed by atoms with Gasteiger partial charge in [0.05, 0.1) is 11.6 Å². The fraction of sp³-hybridized carbons (Fsp3) is 0.292. The van der Waals surface area contributed by atoms with Gasteiger partial charge in [-0.1, -0.05) is 17.4 Å². The van der Waals surface area contributed by atoms with E-state index in [0.717, 1.165) is 37.1 Å². The van der Waals surface area contributed by atoms with E-state index in [1.165, 1.54) is 22.3 Å². The van der Waals surface area contributed by atoms with Crippen molar-refractivity contribution in [2.45, 2.75) is 19.3 Å². The number of methoxy groups -OCH3 is 1. The molecule has 0 saturated carbocycles. The number of ether oxygens (including phenoxy) is 2. The van der Waals surface area contributed by atoms with Crippen molar-refractivity contribution in [3.63, 3.8) is 0 Å². The summed E-state index contributed by atoms with van der Waals surface area (Å²) in [6, 6.07) is 8.94. The average Bonchev–Trinajstić information content (AvgIpc) is 3.43. The number of hydrogen-bond donors (Lipinski definition) is 0. The Morgan fingerprint density at radius 3 is 2.65 bits per heavy atom. The number of thiazole rings is 1. The highest BCUT2D eigenvalue weighted by molar-refractivity contribution is 7.15. The Hall–Kier alpha value is -3.79. The minimum Gasteiger partial charge on any atom is -0.493 e. The molecule has 0 radical (unpaired) electrons. The Morgan fingerprint density at radius 2 is 1.91 bits per heavy atom. The molecule has 174 valence electrons. The molecule has 1 aliphatic rings. The zero-order valence-corrected chi connectivity index (χ0v) is 19.5. The number of carbonyl (C=O) groups excluding carboxylic acids is 1. The van der Waals surface area contributed by atoms with E-state index in [-0.39, 0.29) is 18.1 Å². The van der Waals surface area contributed by atoms with Gasteiger partial charge in [0.2, 0.25) is 4.96 Å². The van der Waals surface area contributed by atoms with Crippen LogP contribution in [0.3, 0.4) is 0 Å².